The Balaban J connectivity index is 0.000000146. The van der Waals surface area contributed by atoms with Gasteiger partial charge in [-0.15, -0.1) is 0 Å². The quantitative estimate of drug-likeness (QED) is 0.0538. The van der Waals surface area contributed by atoms with Gasteiger partial charge in [0.15, 0.2) is 45.0 Å². The molecule has 0 unspecified atom stereocenters. The van der Waals surface area contributed by atoms with Gasteiger partial charge in [-0.25, -0.2) is 61.2 Å². The van der Waals surface area contributed by atoms with Crippen molar-refractivity contribution in [1.82, 2.24) is 59.1 Å². The molecule has 23 nitrogen and oxygen atoms in total. The molecule has 33 heteroatoms. The number of ether oxygens (including phenoxy) is 3. The number of methoxy groups -OCH3 is 1. The molecule has 0 saturated heterocycles. The van der Waals surface area contributed by atoms with Crippen LogP contribution in [0.5, 0.6) is 11.5 Å². The summed E-state index contributed by atoms with van der Waals surface area (Å²) in [7, 11) is -13.3. The fraction of sp³-hybridized carbons (Fsp3) is 0.242. The second-order valence-corrected chi connectivity index (χ2v) is 41.1. The lowest BCUT2D eigenvalue weighted by Crippen LogP contribution is -2.13. The Labute approximate surface area is 743 Å². The van der Waals surface area contributed by atoms with Crippen LogP contribution in [0.15, 0.2) is 281 Å². The van der Waals surface area contributed by atoms with Gasteiger partial charge in [-0.3, -0.25) is 19.9 Å². The van der Waals surface area contributed by atoms with Gasteiger partial charge in [-0.1, -0.05) is 102 Å². The number of halogens is 6. The zero-order chi connectivity index (χ0) is 92.0. The van der Waals surface area contributed by atoms with E-state index in [-0.39, 0.29) is 55.7 Å². The molecule has 16 rings (SSSR count). The molecule has 0 amide bonds. The van der Waals surface area contributed by atoms with Gasteiger partial charge >= 0.3 is 6.18 Å². The molecule has 8 aromatic heterocycles. The van der Waals surface area contributed by atoms with E-state index in [2.05, 4.69) is 81.9 Å². The number of aryl methyl sites for hydroxylation is 1. The summed E-state index contributed by atoms with van der Waals surface area (Å²) in [5.41, 5.74) is 7.50. The topological polar surface area (TPSA) is 287 Å². The SMILES string of the molecule is CC(C)Oc1ccc(S(=O)(=O)Cc2cc(C(F)(F)F)nn2-c2cccc3cnccc23)cc1.CC(C)Oc1ccc(S(=O)(=O)Cc2cc(C(F)F)nn2-c2cccc3ncccc23)cc1.COCc1cc(CS(=O)(=O)c2ccc(C(C)(C)C)cc2)n(-c2cccc3ncccc23)n1.Cc1cc(CS(=O)(=O)c2ccc(C(C)(C)C)cc2)n(-c2ccc(Cl)c3ncccc23)n1. The molecule has 0 radical (unpaired) electrons. The Kier molecular flexibility index (Phi) is 27.8. The maximum absolute atomic E-state index is 13.5. The average Bonchev–Trinajstić information content (AvgIpc) is 1.64. The number of hydrogen-bond donors (Lipinski definition) is 0. The summed E-state index contributed by atoms with van der Waals surface area (Å²) in [6.45, 7) is 22.2. The van der Waals surface area contributed by atoms with E-state index in [1.807, 2.05) is 107 Å². The van der Waals surface area contributed by atoms with Gasteiger partial charge in [0.2, 0.25) is 0 Å². The van der Waals surface area contributed by atoms with E-state index in [0.29, 0.717) is 88.6 Å². The predicted molar refractivity (Wildman–Crippen MR) is 484 cm³/mol. The Bertz CT molecular complexity index is 7170. The molecule has 0 aliphatic carbocycles. The zero-order valence-electron chi connectivity index (χ0n) is 71.9. The highest BCUT2D eigenvalue weighted by Gasteiger charge is 2.37. The van der Waals surface area contributed by atoms with Gasteiger partial charge in [-0.05, 0) is 239 Å². The highest BCUT2D eigenvalue weighted by atomic mass is 35.5. The normalized spacial score (nSPS) is 12.3. The first-order chi connectivity index (χ1) is 60.5. The van der Waals surface area contributed by atoms with E-state index in [4.69, 9.17) is 25.8 Å². The van der Waals surface area contributed by atoms with Crippen LogP contribution in [-0.2, 0) is 90.7 Å². The van der Waals surface area contributed by atoms with Crippen LogP contribution >= 0.6 is 11.6 Å². The summed E-state index contributed by atoms with van der Waals surface area (Å²) < 4.78 is 195. The molecule has 0 saturated carbocycles. The minimum absolute atomic E-state index is 0.0259. The minimum atomic E-state index is -4.73. The van der Waals surface area contributed by atoms with Crippen molar-refractivity contribution in [1.29, 1.82) is 0 Å². The van der Waals surface area contributed by atoms with Crippen molar-refractivity contribution in [2.45, 2.75) is 161 Å². The smallest absolute Gasteiger partial charge is 0.435 e. The van der Waals surface area contributed by atoms with Crippen molar-refractivity contribution < 1.29 is 69.8 Å². The fourth-order valence-electron chi connectivity index (χ4n) is 14.2. The summed E-state index contributed by atoms with van der Waals surface area (Å²) in [5.74, 6) is -0.442. The van der Waals surface area contributed by atoms with Crippen LogP contribution in [0.25, 0.3) is 66.2 Å². The molecule has 0 spiro atoms. The molecular formula is C95H92ClF5N12O11S4. The van der Waals surface area contributed by atoms with Crippen LogP contribution in [0, 0.1) is 6.92 Å². The molecule has 0 aliphatic rings. The van der Waals surface area contributed by atoms with Crippen molar-refractivity contribution in [2.75, 3.05) is 7.11 Å². The van der Waals surface area contributed by atoms with Crippen LogP contribution in [-0.4, -0.2) is 112 Å². The number of aromatic nitrogens is 12. The maximum atomic E-state index is 13.5. The predicted octanol–water partition coefficient (Wildman–Crippen LogP) is 20.8. The van der Waals surface area contributed by atoms with Crippen molar-refractivity contribution in [3.63, 3.8) is 0 Å². The van der Waals surface area contributed by atoms with E-state index in [1.54, 1.807) is 150 Å². The standard InChI is InChI=1S/C25H27N3O3S.C24H24ClN3O2S.C23H20F3N3O3S.C23H21F2N3O3S/c1-25(2,3)18-10-12-21(13-11-18)32(29,30)17-20-15-19(16-31-4)27-28(20)24-9-5-8-23-22(24)7-6-14-26-23;1-16-14-18(15-31(29,30)19-9-7-17(8-10-19)24(2,3)4)28(27-16)22-12-11-21(25)23-20(22)6-5-13-26-23;1-15(2)32-18-6-8-19(9-7-18)33(30,31)14-17-12-22(23(24,25)26)28-29(17)21-5-3-4-16-13-27-11-10-20(16)21;1-15(2)31-17-8-10-18(11-9-17)32(29,30)14-16-13-21(23(24)25)27-28(16)22-7-3-6-20-19(22)5-4-12-26-20/h5-15H,16-17H2,1-4H3;5-14H,15H2,1-4H3;3-13,15H,14H2,1-2H3;3-13,15,23H,14H2,1-2H3. The molecule has 8 aromatic carbocycles. The summed E-state index contributed by atoms with van der Waals surface area (Å²) in [6, 6.07) is 63.9. The molecule has 0 aliphatic heterocycles. The Morgan fingerprint density at radius 1 is 0.414 bits per heavy atom. The van der Waals surface area contributed by atoms with Gasteiger partial charge in [0.05, 0.1) is 140 Å². The Morgan fingerprint density at radius 3 is 1.28 bits per heavy atom. The van der Waals surface area contributed by atoms with Crippen LogP contribution < -0.4 is 9.47 Å². The van der Waals surface area contributed by atoms with E-state index in [0.717, 1.165) is 61.3 Å². The van der Waals surface area contributed by atoms with Gasteiger partial charge in [0, 0.05) is 65.0 Å². The number of hydrogen-bond acceptors (Lipinski definition) is 19. The fourth-order valence-corrected chi connectivity index (χ4v) is 19.6. The second kappa shape index (κ2) is 38.2. The lowest BCUT2D eigenvalue weighted by molar-refractivity contribution is -0.141. The Morgan fingerprint density at radius 2 is 0.820 bits per heavy atom. The number of sulfone groups is 4. The van der Waals surface area contributed by atoms with E-state index >= 15 is 0 Å². The number of benzene rings is 8. The van der Waals surface area contributed by atoms with Gasteiger partial charge in [0.1, 0.15) is 17.2 Å². The molecular weight excluding hydrogens is 1740 g/mol. The van der Waals surface area contributed by atoms with Crippen molar-refractivity contribution in [3.8, 4) is 34.2 Å². The van der Waals surface area contributed by atoms with Crippen molar-refractivity contribution >= 4 is 94.4 Å². The van der Waals surface area contributed by atoms with Crippen molar-refractivity contribution in [2.24, 2.45) is 0 Å². The van der Waals surface area contributed by atoms with Gasteiger partial charge in [-0.2, -0.15) is 33.6 Å². The zero-order valence-corrected chi connectivity index (χ0v) is 75.9. The lowest BCUT2D eigenvalue weighted by atomic mass is 9.87. The van der Waals surface area contributed by atoms with Gasteiger partial charge in [0.25, 0.3) is 6.43 Å². The number of nitrogens with zero attached hydrogens (tertiary/aromatic N) is 12. The third-order valence-corrected chi connectivity index (χ3v) is 27.2. The van der Waals surface area contributed by atoms with Crippen LogP contribution in [0.1, 0.15) is 132 Å². The number of pyridine rings is 4. The van der Waals surface area contributed by atoms with E-state index in [1.165, 1.54) is 47.3 Å². The minimum Gasteiger partial charge on any atom is -0.491 e. The first kappa shape index (κ1) is 93.2. The van der Waals surface area contributed by atoms with Gasteiger partial charge < -0.3 is 14.2 Å². The van der Waals surface area contributed by atoms with Crippen LogP contribution in [0.2, 0.25) is 5.02 Å². The molecule has 128 heavy (non-hydrogen) atoms. The largest absolute Gasteiger partial charge is 0.491 e. The molecule has 0 fully saturated rings. The highest BCUT2D eigenvalue weighted by Crippen LogP contribution is 2.37. The molecule has 0 N–H and O–H groups in total. The van der Waals surface area contributed by atoms with Crippen LogP contribution in [0.4, 0.5) is 22.0 Å². The summed E-state index contributed by atoms with van der Waals surface area (Å²) in [5, 5.41) is 21.1. The van der Waals surface area contributed by atoms with Crippen molar-refractivity contribution in [3.05, 3.63) is 323 Å². The maximum Gasteiger partial charge on any atom is 0.435 e. The highest BCUT2D eigenvalue weighted by molar-refractivity contribution is 7.91. The van der Waals surface area contributed by atoms with E-state index < -0.39 is 74.8 Å². The first-order valence-electron chi connectivity index (χ1n) is 40.4. The summed E-state index contributed by atoms with van der Waals surface area (Å²) in [4.78, 5) is 17.7. The molecule has 8 heterocycles. The molecule has 0 bridgehead atoms. The molecule has 16 aromatic rings. The van der Waals surface area contributed by atoms with E-state index in [9.17, 15) is 55.6 Å². The third-order valence-electron chi connectivity index (χ3n) is 20.3. The summed E-state index contributed by atoms with van der Waals surface area (Å²) in [6.07, 6.45) is 0.425. The molecule has 664 valence electrons. The molecule has 0 atom stereocenters. The number of fused-ring (bicyclic) bond motifs is 4. The van der Waals surface area contributed by atoms with Crippen LogP contribution in [0.3, 0.4) is 0 Å². The second-order valence-electron chi connectivity index (χ2n) is 32.8. The summed E-state index contributed by atoms with van der Waals surface area (Å²) >= 11 is 6.30. The number of alkyl halides is 5. The first-order valence-corrected chi connectivity index (χ1v) is 47.4. The Hall–Kier alpha value is -12.5. The monoisotopic (exact) mass is 1830 g/mol. The number of rotatable bonds is 23. The lowest BCUT2D eigenvalue weighted by Gasteiger charge is -2.19. The third kappa shape index (κ3) is 22.0. The average molecular weight is 1840 g/mol.